The lowest BCUT2D eigenvalue weighted by molar-refractivity contribution is -0.118. The van der Waals surface area contributed by atoms with Crippen LogP contribution in [0.5, 0.6) is 0 Å². The lowest BCUT2D eigenvalue weighted by Gasteiger charge is -2.21. The molecule has 3 rings (SSSR count). The summed E-state index contributed by atoms with van der Waals surface area (Å²) in [4.78, 5) is 25.1. The van der Waals surface area contributed by atoms with Gasteiger partial charge in [0.05, 0.1) is 11.6 Å². The molecular weight excluding hydrogens is 400 g/mol. The van der Waals surface area contributed by atoms with Gasteiger partial charge in [-0.15, -0.1) is 10.2 Å². The van der Waals surface area contributed by atoms with Crippen molar-refractivity contribution in [2.24, 2.45) is 5.92 Å². The van der Waals surface area contributed by atoms with Crippen molar-refractivity contribution in [2.75, 3.05) is 10.6 Å². The van der Waals surface area contributed by atoms with Gasteiger partial charge >= 0.3 is 6.03 Å². The second kappa shape index (κ2) is 9.62. The van der Waals surface area contributed by atoms with E-state index in [0.717, 1.165) is 5.56 Å². The van der Waals surface area contributed by atoms with Gasteiger partial charge in [-0.25, -0.2) is 4.79 Å². The van der Waals surface area contributed by atoms with E-state index in [0.29, 0.717) is 21.4 Å². The smallest absolute Gasteiger partial charge is 0.319 e. The Bertz CT molecular complexity index is 1070. The molecule has 0 aliphatic heterocycles. The van der Waals surface area contributed by atoms with Gasteiger partial charge in [-0.3, -0.25) is 10.1 Å². The normalized spacial score (nSPS) is 11.4. The molecule has 0 radical (unpaired) electrons. The first-order valence-corrected chi connectivity index (χ1v) is 10.1. The maximum absolute atomic E-state index is 12.7. The molecule has 0 fully saturated rings. The van der Waals surface area contributed by atoms with E-state index in [-0.39, 0.29) is 11.8 Å². The Hall–Kier alpha value is -3.77. The number of anilines is 2. The van der Waals surface area contributed by atoms with Gasteiger partial charge in [-0.1, -0.05) is 61.6 Å². The minimum atomic E-state index is -0.784. The predicted molar refractivity (Wildman–Crippen MR) is 116 cm³/mol. The number of benzene rings is 2. The Morgan fingerprint density at radius 3 is 2.50 bits per heavy atom. The number of carbonyl (C=O) groups excluding carboxylic acids is 2. The summed E-state index contributed by atoms with van der Waals surface area (Å²) in [6, 6.07) is 16.7. The number of carbonyl (C=O) groups is 2. The molecule has 3 aromatic rings. The molecule has 30 heavy (non-hydrogen) atoms. The van der Waals surface area contributed by atoms with Crippen LogP contribution < -0.4 is 16.0 Å². The van der Waals surface area contributed by atoms with Gasteiger partial charge in [0.1, 0.15) is 11.0 Å². The number of hydrogen-bond donors (Lipinski definition) is 3. The second-order valence-corrected chi connectivity index (χ2v) is 7.76. The maximum Gasteiger partial charge on any atom is 0.319 e. The SMILES string of the molecule is CC(C)[C@H](NC(=O)Nc1cccc(C#N)c1)C(=O)Nc1nnc(-c2ccccc2)s1. The van der Waals surface area contributed by atoms with Crippen LogP contribution in [0.3, 0.4) is 0 Å². The quantitative estimate of drug-likeness (QED) is 0.559. The molecule has 0 aliphatic rings. The number of nitriles is 1. The zero-order chi connectivity index (χ0) is 21.5. The third-order valence-electron chi connectivity index (χ3n) is 4.16. The molecule has 3 N–H and O–H groups in total. The second-order valence-electron chi connectivity index (χ2n) is 6.78. The average Bonchev–Trinajstić information content (AvgIpc) is 3.21. The zero-order valence-electron chi connectivity index (χ0n) is 16.4. The van der Waals surface area contributed by atoms with Crippen molar-refractivity contribution in [3.8, 4) is 16.6 Å². The van der Waals surface area contributed by atoms with Crippen LogP contribution in [0, 0.1) is 17.2 Å². The Labute approximate surface area is 178 Å². The summed E-state index contributed by atoms with van der Waals surface area (Å²) in [6.45, 7) is 3.66. The first-order valence-electron chi connectivity index (χ1n) is 9.23. The van der Waals surface area contributed by atoms with Crippen LogP contribution in [0.2, 0.25) is 0 Å². The van der Waals surface area contributed by atoms with E-state index in [4.69, 9.17) is 5.26 Å². The average molecular weight is 420 g/mol. The van der Waals surface area contributed by atoms with E-state index in [1.807, 2.05) is 50.2 Å². The Kier molecular flexibility index (Phi) is 6.72. The van der Waals surface area contributed by atoms with E-state index in [1.54, 1.807) is 24.3 Å². The predicted octanol–water partition coefficient (Wildman–Crippen LogP) is 3.86. The molecular formula is C21H20N6O2S. The molecule has 0 bridgehead atoms. The van der Waals surface area contributed by atoms with Gasteiger partial charge in [-0.2, -0.15) is 5.26 Å². The number of urea groups is 1. The minimum absolute atomic E-state index is 0.164. The van der Waals surface area contributed by atoms with Gasteiger partial charge in [0.25, 0.3) is 0 Å². The van der Waals surface area contributed by atoms with E-state index in [2.05, 4.69) is 26.1 Å². The highest BCUT2D eigenvalue weighted by Gasteiger charge is 2.25. The van der Waals surface area contributed by atoms with Gasteiger partial charge in [0.15, 0.2) is 0 Å². The third kappa shape index (κ3) is 5.40. The lowest BCUT2D eigenvalue weighted by Crippen LogP contribution is -2.48. The fraction of sp³-hybridized carbons (Fsp3) is 0.190. The Morgan fingerprint density at radius 2 is 1.80 bits per heavy atom. The first-order chi connectivity index (χ1) is 14.5. The summed E-state index contributed by atoms with van der Waals surface area (Å²) < 4.78 is 0. The fourth-order valence-electron chi connectivity index (χ4n) is 2.66. The highest BCUT2D eigenvalue weighted by Crippen LogP contribution is 2.26. The summed E-state index contributed by atoms with van der Waals surface area (Å²) in [6.07, 6.45) is 0. The minimum Gasteiger partial charge on any atom is -0.326 e. The molecule has 1 aromatic heterocycles. The summed E-state index contributed by atoms with van der Waals surface area (Å²) >= 11 is 1.26. The molecule has 1 heterocycles. The molecule has 9 heteroatoms. The van der Waals surface area contributed by atoms with Gasteiger partial charge in [0.2, 0.25) is 11.0 Å². The third-order valence-corrected chi connectivity index (χ3v) is 5.05. The van der Waals surface area contributed by atoms with Gasteiger partial charge in [-0.05, 0) is 24.1 Å². The lowest BCUT2D eigenvalue weighted by atomic mass is 10.0. The van der Waals surface area contributed by atoms with Crippen molar-refractivity contribution < 1.29 is 9.59 Å². The van der Waals surface area contributed by atoms with Crippen LogP contribution in [0.15, 0.2) is 54.6 Å². The summed E-state index contributed by atoms with van der Waals surface area (Å²) in [7, 11) is 0. The number of nitrogens with one attached hydrogen (secondary N) is 3. The van der Waals surface area contributed by atoms with Crippen LogP contribution in [0.4, 0.5) is 15.6 Å². The van der Waals surface area contributed by atoms with Crippen molar-refractivity contribution in [3.63, 3.8) is 0 Å². The summed E-state index contributed by atoms with van der Waals surface area (Å²) in [5.74, 6) is -0.551. The zero-order valence-corrected chi connectivity index (χ0v) is 17.2. The van der Waals surface area contributed by atoms with Crippen LogP contribution >= 0.6 is 11.3 Å². The number of hydrogen-bond acceptors (Lipinski definition) is 6. The summed E-state index contributed by atoms with van der Waals surface area (Å²) in [5.41, 5.74) is 1.80. The van der Waals surface area contributed by atoms with E-state index >= 15 is 0 Å². The number of nitrogens with zero attached hydrogens (tertiary/aromatic N) is 3. The van der Waals surface area contributed by atoms with Gasteiger partial charge < -0.3 is 10.6 Å². The fourth-order valence-corrected chi connectivity index (χ4v) is 3.42. The monoisotopic (exact) mass is 420 g/mol. The molecule has 0 aliphatic carbocycles. The van der Waals surface area contributed by atoms with Crippen LogP contribution in [-0.4, -0.2) is 28.2 Å². The molecule has 0 saturated heterocycles. The van der Waals surface area contributed by atoms with Crippen LogP contribution in [0.25, 0.3) is 10.6 Å². The van der Waals surface area contributed by atoms with Crippen molar-refractivity contribution in [2.45, 2.75) is 19.9 Å². The van der Waals surface area contributed by atoms with Crippen molar-refractivity contribution in [1.82, 2.24) is 15.5 Å². The van der Waals surface area contributed by atoms with Crippen LogP contribution in [0.1, 0.15) is 19.4 Å². The van der Waals surface area contributed by atoms with Crippen molar-refractivity contribution in [1.29, 1.82) is 5.26 Å². The molecule has 1 atom stereocenters. The maximum atomic E-state index is 12.7. The van der Waals surface area contributed by atoms with Crippen molar-refractivity contribution in [3.05, 3.63) is 60.2 Å². The van der Waals surface area contributed by atoms with Gasteiger partial charge in [0, 0.05) is 11.3 Å². The molecule has 152 valence electrons. The molecule has 0 spiro atoms. The Morgan fingerprint density at radius 1 is 1.03 bits per heavy atom. The summed E-state index contributed by atoms with van der Waals surface area (Å²) in [5, 5.41) is 26.2. The largest absolute Gasteiger partial charge is 0.326 e. The molecule has 0 saturated carbocycles. The number of rotatable bonds is 6. The highest BCUT2D eigenvalue weighted by molar-refractivity contribution is 7.18. The molecule has 8 nitrogen and oxygen atoms in total. The standard InChI is InChI=1S/C21H20N6O2S/c1-13(2)17(24-20(29)23-16-10-6-7-14(11-16)12-22)18(28)25-21-27-26-19(30-21)15-8-4-3-5-9-15/h3-11,13,17H,1-2H3,(H2,23,24,29)(H,25,27,28)/t17-/m0/s1. The van der Waals surface area contributed by atoms with Crippen LogP contribution in [-0.2, 0) is 4.79 Å². The molecule has 2 aromatic carbocycles. The van der Waals surface area contributed by atoms with E-state index in [1.165, 1.54) is 11.3 Å². The Balaban J connectivity index is 1.64. The first kappa shape index (κ1) is 21.0. The number of aromatic nitrogens is 2. The highest BCUT2D eigenvalue weighted by atomic mass is 32.1. The van der Waals surface area contributed by atoms with E-state index < -0.39 is 12.1 Å². The number of amides is 3. The van der Waals surface area contributed by atoms with Crippen molar-refractivity contribution >= 4 is 34.1 Å². The molecule has 3 amide bonds. The topological polar surface area (TPSA) is 120 Å². The van der Waals surface area contributed by atoms with E-state index in [9.17, 15) is 9.59 Å². The molecule has 0 unspecified atom stereocenters.